The molecular weight excluding hydrogens is 222 g/mol. The van der Waals surface area contributed by atoms with E-state index in [0.29, 0.717) is 5.56 Å². The van der Waals surface area contributed by atoms with Crippen molar-refractivity contribution in [2.75, 3.05) is 4.90 Å². The maximum atomic E-state index is 11.6. The maximum Gasteiger partial charge on any atom is 0.338 e. The van der Waals surface area contributed by atoms with E-state index in [2.05, 4.69) is 0 Å². The molecule has 0 unspecified atom stereocenters. The summed E-state index contributed by atoms with van der Waals surface area (Å²) in [5.74, 6) is -1.82. The fourth-order valence-electron chi connectivity index (χ4n) is 1.96. The smallest absolute Gasteiger partial charge is 0.338 e. The first kappa shape index (κ1) is 11.3. The first-order chi connectivity index (χ1) is 8.02. The Morgan fingerprint density at radius 3 is 2.35 bits per heavy atom. The second-order valence-electron chi connectivity index (χ2n) is 3.90. The maximum absolute atomic E-state index is 11.6. The van der Waals surface area contributed by atoms with Crippen molar-refractivity contribution >= 4 is 23.5 Å². The number of carboxylic acids is 1. The quantitative estimate of drug-likeness (QED) is 0.782. The summed E-state index contributed by atoms with van der Waals surface area (Å²) in [5.41, 5.74) is 0.712. The molecule has 0 spiro atoms. The van der Waals surface area contributed by atoms with Crippen molar-refractivity contribution in [1.82, 2.24) is 0 Å². The van der Waals surface area contributed by atoms with Crippen LogP contribution in [-0.4, -0.2) is 22.9 Å². The highest BCUT2D eigenvalue weighted by Crippen LogP contribution is 2.28. The molecule has 1 fully saturated rings. The summed E-state index contributed by atoms with van der Waals surface area (Å²) in [7, 11) is 0. The first-order valence-corrected chi connectivity index (χ1v) is 5.21. The third kappa shape index (κ3) is 1.80. The van der Waals surface area contributed by atoms with E-state index < -0.39 is 5.97 Å². The summed E-state index contributed by atoms with van der Waals surface area (Å²) >= 11 is 0. The van der Waals surface area contributed by atoms with Crippen molar-refractivity contribution in [2.45, 2.75) is 19.8 Å². The molecule has 1 N–H and O–H groups in total. The third-order valence-corrected chi connectivity index (χ3v) is 2.76. The van der Waals surface area contributed by atoms with Crippen molar-refractivity contribution in [2.24, 2.45) is 0 Å². The zero-order valence-electron chi connectivity index (χ0n) is 9.27. The third-order valence-electron chi connectivity index (χ3n) is 2.76. The fourth-order valence-corrected chi connectivity index (χ4v) is 1.96. The number of hydrogen-bond acceptors (Lipinski definition) is 3. The molecule has 1 aliphatic rings. The Labute approximate surface area is 97.7 Å². The molecule has 0 bridgehead atoms. The van der Waals surface area contributed by atoms with E-state index >= 15 is 0 Å². The van der Waals surface area contributed by atoms with Crippen molar-refractivity contribution in [1.29, 1.82) is 0 Å². The van der Waals surface area contributed by atoms with E-state index in [9.17, 15) is 14.4 Å². The van der Waals surface area contributed by atoms with Crippen molar-refractivity contribution < 1.29 is 19.5 Å². The number of imide groups is 1. The van der Waals surface area contributed by atoms with Crippen LogP contribution in [0.25, 0.3) is 0 Å². The van der Waals surface area contributed by atoms with Gasteiger partial charge in [0.2, 0.25) is 11.8 Å². The van der Waals surface area contributed by atoms with Gasteiger partial charge in [-0.2, -0.15) is 0 Å². The van der Waals surface area contributed by atoms with Gasteiger partial charge in [-0.15, -0.1) is 0 Å². The van der Waals surface area contributed by atoms with Gasteiger partial charge in [0, 0.05) is 12.8 Å². The Morgan fingerprint density at radius 2 is 1.82 bits per heavy atom. The van der Waals surface area contributed by atoms with E-state index in [-0.39, 0.29) is 35.9 Å². The van der Waals surface area contributed by atoms with Crippen LogP contribution in [0, 0.1) is 6.92 Å². The average molecular weight is 233 g/mol. The normalized spacial score (nSPS) is 15.5. The molecule has 1 aromatic carbocycles. The summed E-state index contributed by atoms with van der Waals surface area (Å²) in [6.45, 7) is 1.64. The lowest BCUT2D eigenvalue weighted by Gasteiger charge is -2.17. The van der Waals surface area contributed by atoms with E-state index in [4.69, 9.17) is 5.11 Å². The van der Waals surface area contributed by atoms with Crippen LogP contribution < -0.4 is 4.90 Å². The van der Waals surface area contributed by atoms with Gasteiger partial charge in [-0.3, -0.25) is 9.59 Å². The average Bonchev–Trinajstić information content (AvgIpc) is 2.57. The molecule has 0 radical (unpaired) electrons. The van der Waals surface area contributed by atoms with E-state index in [0.717, 1.165) is 4.90 Å². The molecule has 0 aromatic heterocycles. The van der Waals surface area contributed by atoms with Crippen LogP contribution in [0.15, 0.2) is 18.2 Å². The molecule has 1 aromatic rings. The van der Waals surface area contributed by atoms with Crippen molar-refractivity contribution in [3.05, 3.63) is 29.3 Å². The summed E-state index contributed by atoms with van der Waals surface area (Å²) in [5, 5.41) is 9.13. The number of rotatable bonds is 2. The minimum Gasteiger partial charge on any atom is -0.478 e. The number of nitrogens with zero attached hydrogens (tertiary/aromatic N) is 1. The highest BCUT2D eigenvalue weighted by atomic mass is 16.4. The number of carboxylic acid groups (broad SMARTS) is 1. The molecule has 0 aliphatic carbocycles. The fraction of sp³-hybridized carbons (Fsp3) is 0.250. The predicted octanol–water partition coefficient (Wildman–Crippen LogP) is 1.35. The number of hydrogen-bond donors (Lipinski definition) is 1. The number of carbonyl (C=O) groups is 3. The SMILES string of the molecule is Cc1cccc(N2C(=O)CCC2=O)c1C(=O)O. The lowest BCUT2D eigenvalue weighted by atomic mass is 10.1. The van der Waals surface area contributed by atoms with Crippen molar-refractivity contribution in [3.63, 3.8) is 0 Å². The Balaban J connectivity index is 2.59. The molecule has 1 aliphatic heterocycles. The minimum absolute atomic E-state index is 0.0103. The Kier molecular flexibility index (Phi) is 2.67. The lowest BCUT2D eigenvalue weighted by Crippen LogP contribution is -2.30. The van der Waals surface area contributed by atoms with Gasteiger partial charge in [0.25, 0.3) is 0 Å². The summed E-state index contributed by atoms with van der Waals surface area (Å²) in [4.78, 5) is 35.3. The van der Waals surface area contributed by atoms with Gasteiger partial charge in [-0.05, 0) is 18.6 Å². The monoisotopic (exact) mass is 233 g/mol. The van der Waals surface area contributed by atoms with Gasteiger partial charge in [0.1, 0.15) is 0 Å². The van der Waals surface area contributed by atoms with Crippen LogP contribution in [0.4, 0.5) is 5.69 Å². The zero-order chi connectivity index (χ0) is 12.6. The lowest BCUT2D eigenvalue weighted by molar-refractivity contribution is -0.121. The van der Waals surface area contributed by atoms with E-state index in [1.807, 2.05) is 0 Å². The molecule has 0 saturated carbocycles. The number of benzene rings is 1. The Hall–Kier alpha value is -2.17. The molecular formula is C12H11NO4. The number of amides is 2. The molecule has 5 heteroatoms. The minimum atomic E-state index is -1.13. The number of aromatic carboxylic acids is 1. The largest absolute Gasteiger partial charge is 0.478 e. The van der Waals surface area contributed by atoms with E-state index in [1.165, 1.54) is 6.07 Å². The molecule has 1 saturated heterocycles. The van der Waals surface area contributed by atoms with Gasteiger partial charge in [0.15, 0.2) is 0 Å². The molecule has 5 nitrogen and oxygen atoms in total. The Morgan fingerprint density at radius 1 is 1.24 bits per heavy atom. The van der Waals surface area contributed by atoms with Crippen LogP contribution in [-0.2, 0) is 9.59 Å². The molecule has 17 heavy (non-hydrogen) atoms. The van der Waals surface area contributed by atoms with Gasteiger partial charge in [-0.25, -0.2) is 9.69 Å². The predicted molar refractivity (Wildman–Crippen MR) is 59.9 cm³/mol. The van der Waals surface area contributed by atoms with Crippen LogP contribution in [0.5, 0.6) is 0 Å². The first-order valence-electron chi connectivity index (χ1n) is 5.21. The molecule has 2 rings (SSSR count). The van der Waals surface area contributed by atoms with Crippen LogP contribution in [0.3, 0.4) is 0 Å². The highest BCUT2D eigenvalue weighted by molar-refractivity contribution is 6.21. The van der Waals surface area contributed by atoms with Crippen LogP contribution in [0.2, 0.25) is 0 Å². The topological polar surface area (TPSA) is 74.7 Å². The number of aryl methyl sites for hydroxylation is 1. The molecule has 1 heterocycles. The standard InChI is InChI=1S/C12H11NO4/c1-7-3-2-4-8(11(7)12(16)17)13-9(14)5-6-10(13)15/h2-4H,5-6H2,1H3,(H,16,17). The van der Waals surface area contributed by atoms with Crippen LogP contribution >= 0.6 is 0 Å². The molecule has 2 amide bonds. The Bertz CT molecular complexity index is 505. The number of anilines is 1. The summed E-state index contributed by atoms with van der Waals surface area (Å²) < 4.78 is 0. The van der Waals surface area contributed by atoms with Gasteiger partial charge in [-0.1, -0.05) is 12.1 Å². The second-order valence-corrected chi connectivity index (χ2v) is 3.90. The number of carbonyl (C=O) groups excluding carboxylic acids is 2. The molecule has 0 atom stereocenters. The summed E-state index contributed by atoms with van der Waals surface area (Å²) in [6.07, 6.45) is 0.289. The van der Waals surface area contributed by atoms with Crippen molar-refractivity contribution in [3.8, 4) is 0 Å². The van der Waals surface area contributed by atoms with Gasteiger partial charge < -0.3 is 5.11 Å². The summed E-state index contributed by atoms with van der Waals surface area (Å²) in [6, 6.07) is 4.76. The van der Waals surface area contributed by atoms with Gasteiger partial charge >= 0.3 is 5.97 Å². The molecule has 88 valence electrons. The van der Waals surface area contributed by atoms with Crippen LogP contribution in [0.1, 0.15) is 28.8 Å². The van der Waals surface area contributed by atoms with Gasteiger partial charge in [0.05, 0.1) is 11.3 Å². The zero-order valence-corrected chi connectivity index (χ0v) is 9.27. The second kappa shape index (κ2) is 4.01. The van der Waals surface area contributed by atoms with E-state index in [1.54, 1.807) is 19.1 Å². The highest BCUT2D eigenvalue weighted by Gasteiger charge is 2.33.